The molecule has 0 spiro atoms. The summed E-state index contributed by atoms with van der Waals surface area (Å²) in [5, 5.41) is 2.70. The van der Waals surface area contributed by atoms with Gasteiger partial charge >= 0.3 is 0 Å². The highest BCUT2D eigenvalue weighted by atomic mass is 16.2. The molecule has 0 rings (SSSR count). The predicted octanol–water partition coefficient (Wildman–Crippen LogP) is 2.75. The van der Waals surface area contributed by atoms with Crippen molar-refractivity contribution in [1.82, 2.24) is 5.32 Å². The van der Waals surface area contributed by atoms with Crippen molar-refractivity contribution in [2.24, 2.45) is 10.8 Å². The first kappa shape index (κ1) is 13.2. The minimum Gasteiger partial charge on any atom is -0.359 e. The maximum absolute atomic E-state index is 11.6. The number of amides is 1. The Balaban J connectivity index is 4.66. The van der Waals surface area contributed by atoms with Gasteiger partial charge in [-0.1, -0.05) is 39.8 Å². The van der Waals surface area contributed by atoms with E-state index in [0.717, 1.165) is 12.0 Å². The SMILES string of the molecule is C=C(C)C(C)(C)CC(C)(C)C(=O)NC. The molecule has 0 fully saturated rings. The Morgan fingerprint density at radius 1 is 1.21 bits per heavy atom. The average Bonchev–Trinajstić information content (AvgIpc) is 2.00. The summed E-state index contributed by atoms with van der Waals surface area (Å²) in [4.78, 5) is 11.6. The van der Waals surface area contributed by atoms with E-state index in [0.29, 0.717) is 0 Å². The fraction of sp³-hybridized carbons (Fsp3) is 0.750. The number of rotatable bonds is 4. The molecule has 0 saturated heterocycles. The summed E-state index contributed by atoms with van der Waals surface area (Å²) in [6.07, 6.45) is 0.814. The molecular formula is C12H23NO. The normalized spacial score (nSPS) is 12.4. The Bertz CT molecular complexity index is 239. The van der Waals surface area contributed by atoms with Gasteiger partial charge in [0.25, 0.3) is 0 Å². The van der Waals surface area contributed by atoms with Gasteiger partial charge in [-0.15, -0.1) is 0 Å². The molecule has 0 aliphatic heterocycles. The summed E-state index contributed by atoms with van der Waals surface area (Å²) < 4.78 is 0. The van der Waals surface area contributed by atoms with Gasteiger partial charge in [0.05, 0.1) is 0 Å². The van der Waals surface area contributed by atoms with E-state index in [1.807, 2.05) is 20.8 Å². The highest BCUT2D eigenvalue weighted by Crippen LogP contribution is 2.38. The molecule has 14 heavy (non-hydrogen) atoms. The molecule has 1 amide bonds. The lowest BCUT2D eigenvalue weighted by Crippen LogP contribution is -2.38. The molecule has 0 aromatic heterocycles. The second kappa shape index (κ2) is 4.16. The van der Waals surface area contributed by atoms with Gasteiger partial charge in [0, 0.05) is 12.5 Å². The zero-order valence-electron chi connectivity index (χ0n) is 10.3. The fourth-order valence-electron chi connectivity index (χ4n) is 1.67. The number of hydrogen-bond donors (Lipinski definition) is 1. The summed E-state index contributed by atoms with van der Waals surface area (Å²) in [6.45, 7) is 14.2. The largest absolute Gasteiger partial charge is 0.359 e. The van der Waals surface area contributed by atoms with Crippen molar-refractivity contribution in [2.45, 2.75) is 41.0 Å². The molecule has 0 aliphatic rings. The summed E-state index contributed by atoms with van der Waals surface area (Å²) in [5.74, 6) is 0.0897. The van der Waals surface area contributed by atoms with Gasteiger partial charge in [-0.25, -0.2) is 0 Å². The van der Waals surface area contributed by atoms with Gasteiger partial charge in [-0.3, -0.25) is 4.79 Å². The van der Waals surface area contributed by atoms with Crippen molar-refractivity contribution < 1.29 is 4.79 Å². The third kappa shape index (κ3) is 3.17. The quantitative estimate of drug-likeness (QED) is 0.690. The van der Waals surface area contributed by atoms with Crippen LogP contribution >= 0.6 is 0 Å². The first-order valence-corrected chi connectivity index (χ1v) is 5.01. The van der Waals surface area contributed by atoms with E-state index in [-0.39, 0.29) is 16.7 Å². The van der Waals surface area contributed by atoms with Crippen LogP contribution in [0.5, 0.6) is 0 Å². The molecule has 0 atom stereocenters. The van der Waals surface area contributed by atoms with E-state index >= 15 is 0 Å². The van der Waals surface area contributed by atoms with Crippen LogP contribution in [0.15, 0.2) is 12.2 Å². The first-order chi connectivity index (χ1) is 6.13. The highest BCUT2D eigenvalue weighted by molar-refractivity contribution is 5.81. The number of allylic oxidation sites excluding steroid dienone is 1. The van der Waals surface area contributed by atoms with Crippen molar-refractivity contribution in [3.8, 4) is 0 Å². The number of carbonyl (C=O) groups excluding carboxylic acids is 1. The van der Waals surface area contributed by atoms with E-state index in [1.54, 1.807) is 7.05 Å². The van der Waals surface area contributed by atoms with Crippen LogP contribution in [-0.4, -0.2) is 13.0 Å². The molecule has 2 heteroatoms. The van der Waals surface area contributed by atoms with Gasteiger partial charge in [-0.2, -0.15) is 0 Å². The monoisotopic (exact) mass is 197 g/mol. The van der Waals surface area contributed by atoms with Crippen molar-refractivity contribution >= 4 is 5.91 Å². The Hall–Kier alpha value is -0.790. The van der Waals surface area contributed by atoms with Crippen molar-refractivity contribution in [2.75, 3.05) is 7.05 Å². The number of hydrogen-bond acceptors (Lipinski definition) is 1. The standard InChI is InChI=1S/C12H23NO/c1-9(2)11(3,4)8-12(5,6)10(14)13-7/h1,8H2,2-7H3,(H,13,14). The minimum absolute atomic E-state index is 0.00993. The van der Waals surface area contributed by atoms with Crippen LogP contribution in [0.25, 0.3) is 0 Å². The van der Waals surface area contributed by atoms with Crippen LogP contribution in [0, 0.1) is 10.8 Å². The summed E-state index contributed by atoms with van der Waals surface area (Å²) >= 11 is 0. The van der Waals surface area contributed by atoms with E-state index in [9.17, 15) is 4.79 Å². The molecule has 0 radical (unpaired) electrons. The molecule has 0 bridgehead atoms. The highest BCUT2D eigenvalue weighted by Gasteiger charge is 2.34. The van der Waals surface area contributed by atoms with Crippen LogP contribution in [0.1, 0.15) is 41.0 Å². The van der Waals surface area contributed by atoms with Crippen LogP contribution < -0.4 is 5.32 Å². The molecule has 0 aromatic carbocycles. The second-order valence-electron chi connectivity index (χ2n) is 5.30. The molecular weight excluding hydrogens is 174 g/mol. The van der Waals surface area contributed by atoms with Gasteiger partial charge in [-0.05, 0) is 18.8 Å². The van der Waals surface area contributed by atoms with Gasteiger partial charge in [0.15, 0.2) is 0 Å². The number of nitrogens with one attached hydrogen (secondary N) is 1. The fourth-order valence-corrected chi connectivity index (χ4v) is 1.67. The molecule has 0 saturated carbocycles. The Kier molecular flexibility index (Phi) is 3.92. The molecule has 0 unspecified atom stereocenters. The zero-order chi connectivity index (χ0) is 11.6. The third-order valence-electron chi connectivity index (χ3n) is 2.88. The first-order valence-electron chi connectivity index (χ1n) is 5.01. The van der Waals surface area contributed by atoms with Crippen LogP contribution in [0.2, 0.25) is 0 Å². The van der Waals surface area contributed by atoms with Crippen molar-refractivity contribution in [3.05, 3.63) is 12.2 Å². The minimum atomic E-state index is -0.336. The Morgan fingerprint density at radius 2 is 1.64 bits per heavy atom. The third-order valence-corrected chi connectivity index (χ3v) is 2.88. The lowest BCUT2D eigenvalue weighted by Gasteiger charge is -2.34. The lowest BCUT2D eigenvalue weighted by atomic mass is 9.71. The maximum atomic E-state index is 11.6. The lowest BCUT2D eigenvalue weighted by molar-refractivity contribution is -0.130. The molecule has 0 aromatic rings. The van der Waals surface area contributed by atoms with Gasteiger partial charge < -0.3 is 5.32 Å². The summed E-state index contributed by atoms with van der Waals surface area (Å²) in [5.41, 5.74) is 0.794. The molecule has 82 valence electrons. The van der Waals surface area contributed by atoms with Gasteiger partial charge in [0.2, 0.25) is 5.91 Å². The Morgan fingerprint density at radius 3 is 1.93 bits per heavy atom. The molecule has 2 nitrogen and oxygen atoms in total. The van der Waals surface area contributed by atoms with E-state index in [4.69, 9.17) is 0 Å². The van der Waals surface area contributed by atoms with E-state index in [1.165, 1.54) is 0 Å². The van der Waals surface area contributed by atoms with Crippen LogP contribution in [0.3, 0.4) is 0 Å². The second-order valence-corrected chi connectivity index (χ2v) is 5.30. The zero-order valence-corrected chi connectivity index (χ0v) is 10.3. The summed E-state index contributed by atoms with van der Waals surface area (Å²) in [7, 11) is 1.68. The maximum Gasteiger partial charge on any atom is 0.225 e. The number of carbonyl (C=O) groups is 1. The van der Waals surface area contributed by atoms with Crippen LogP contribution in [0.4, 0.5) is 0 Å². The van der Waals surface area contributed by atoms with E-state index < -0.39 is 0 Å². The van der Waals surface area contributed by atoms with Crippen LogP contribution in [-0.2, 0) is 4.79 Å². The molecule has 0 heterocycles. The molecule has 1 N–H and O–H groups in total. The van der Waals surface area contributed by atoms with Crippen molar-refractivity contribution in [3.63, 3.8) is 0 Å². The van der Waals surface area contributed by atoms with Crippen molar-refractivity contribution in [1.29, 1.82) is 0 Å². The topological polar surface area (TPSA) is 29.1 Å². The Labute approximate surface area is 87.8 Å². The van der Waals surface area contributed by atoms with Gasteiger partial charge in [0.1, 0.15) is 0 Å². The molecule has 0 aliphatic carbocycles. The van der Waals surface area contributed by atoms with E-state index in [2.05, 4.69) is 25.7 Å². The average molecular weight is 197 g/mol. The predicted molar refractivity (Wildman–Crippen MR) is 61.1 cm³/mol. The summed E-state index contributed by atoms with van der Waals surface area (Å²) in [6, 6.07) is 0. The smallest absolute Gasteiger partial charge is 0.225 e.